The topological polar surface area (TPSA) is 56.8 Å². The van der Waals surface area contributed by atoms with E-state index < -0.39 is 0 Å². The molecule has 7 heteroatoms. The highest BCUT2D eigenvalue weighted by atomic mass is 32.1. The Morgan fingerprint density at radius 1 is 1.12 bits per heavy atom. The number of fused-ring (bicyclic) bond motifs is 3. The van der Waals surface area contributed by atoms with E-state index in [1.165, 1.54) is 6.42 Å². The smallest absolute Gasteiger partial charge is 0.228 e. The van der Waals surface area contributed by atoms with E-state index in [1.54, 1.807) is 11.3 Å². The number of carbonyl (C=O) groups is 2. The second-order valence-corrected chi connectivity index (χ2v) is 10.1. The molecule has 2 amide bonds. The van der Waals surface area contributed by atoms with Gasteiger partial charge in [-0.25, -0.2) is 4.98 Å². The fourth-order valence-corrected chi connectivity index (χ4v) is 5.70. The van der Waals surface area contributed by atoms with Crippen LogP contribution in [-0.4, -0.2) is 58.8 Å². The maximum atomic E-state index is 13.5. The zero-order chi connectivity index (χ0) is 22.7. The Morgan fingerprint density at radius 2 is 1.91 bits per heavy atom. The molecule has 1 saturated heterocycles. The summed E-state index contributed by atoms with van der Waals surface area (Å²) in [6, 6.07) is 8.86. The van der Waals surface area contributed by atoms with Crippen molar-refractivity contribution in [2.45, 2.75) is 71.0 Å². The quantitative estimate of drug-likeness (QED) is 0.703. The van der Waals surface area contributed by atoms with E-state index >= 15 is 0 Å². The molecular formula is C25H34N4O2S. The number of nitrogens with zero attached hydrogens (tertiary/aromatic N) is 4. The number of hydrogen-bond donors (Lipinski definition) is 0. The van der Waals surface area contributed by atoms with Crippen LogP contribution in [-0.2, 0) is 22.6 Å². The summed E-state index contributed by atoms with van der Waals surface area (Å²) in [6.45, 7) is 5.84. The first-order valence-electron chi connectivity index (χ1n) is 11.7. The Balaban J connectivity index is 1.69. The van der Waals surface area contributed by atoms with Crippen molar-refractivity contribution in [2.24, 2.45) is 0 Å². The molecule has 32 heavy (non-hydrogen) atoms. The highest BCUT2D eigenvalue weighted by Gasteiger charge is 2.32. The van der Waals surface area contributed by atoms with Gasteiger partial charge in [0.05, 0.1) is 17.1 Å². The summed E-state index contributed by atoms with van der Waals surface area (Å²) in [6.07, 6.45) is 5.18. The molecule has 2 aliphatic rings. The second-order valence-electron chi connectivity index (χ2n) is 9.03. The van der Waals surface area contributed by atoms with Crippen LogP contribution in [0.15, 0.2) is 29.6 Å². The lowest BCUT2D eigenvalue weighted by atomic mass is 9.93. The van der Waals surface area contributed by atoms with Crippen LogP contribution in [0, 0.1) is 6.92 Å². The fraction of sp³-hybridized carbons (Fsp3) is 0.560. The lowest BCUT2D eigenvalue weighted by molar-refractivity contribution is -0.132. The van der Waals surface area contributed by atoms with Crippen molar-refractivity contribution in [3.8, 4) is 0 Å². The molecule has 2 unspecified atom stereocenters. The molecule has 0 N–H and O–H groups in total. The van der Waals surface area contributed by atoms with E-state index in [9.17, 15) is 9.59 Å². The summed E-state index contributed by atoms with van der Waals surface area (Å²) in [5.74, 6) is 0.246. The number of thiazole rings is 1. The van der Waals surface area contributed by atoms with E-state index in [4.69, 9.17) is 0 Å². The van der Waals surface area contributed by atoms with Crippen LogP contribution in [0.5, 0.6) is 0 Å². The van der Waals surface area contributed by atoms with Gasteiger partial charge in [0, 0.05) is 49.2 Å². The summed E-state index contributed by atoms with van der Waals surface area (Å²) < 4.78 is 0. The molecule has 2 aromatic rings. The second kappa shape index (κ2) is 10.1. The Bertz CT molecular complexity index is 959. The molecule has 1 aromatic carbocycles. The molecule has 172 valence electrons. The number of para-hydroxylation sites is 1. The van der Waals surface area contributed by atoms with Crippen molar-refractivity contribution >= 4 is 28.8 Å². The maximum Gasteiger partial charge on any atom is 0.228 e. The highest BCUT2D eigenvalue weighted by Crippen LogP contribution is 2.30. The SMILES string of the molecule is CCC(=O)N1CCC2CCCC(CN(C(=O)Cc3csc(C)n3)Cc3ccccc31)N2C. The van der Waals surface area contributed by atoms with Crippen LogP contribution in [0.2, 0.25) is 0 Å². The number of aromatic nitrogens is 1. The van der Waals surface area contributed by atoms with E-state index in [-0.39, 0.29) is 11.8 Å². The summed E-state index contributed by atoms with van der Waals surface area (Å²) in [7, 11) is 2.19. The molecular weight excluding hydrogens is 420 g/mol. The number of anilines is 1. The molecule has 0 aliphatic carbocycles. The molecule has 3 heterocycles. The molecule has 2 aliphatic heterocycles. The third kappa shape index (κ3) is 5.04. The van der Waals surface area contributed by atoms with Gasteiger partial charge in [-0.05, 0) is 44.9 Å². The number of likely N-dealkylation sites (N-methyl/N-ethyl adjacent to an activating group) is 1. The first-order chi connectivity index (χ1) is 15.5. The third-order valence-corrected chi connectivity index (χ3v) is 7.76. The summed E-state index contributed by atoms with van der Waals surface area (Å²) in [5.41, 5.74) is 2.83. The zero-order valence-electron chi connectivity index (χ0n) is 19.4. The third-order valence-electron chi connectivity index (χ3n) is 6.94. The molecule has 0 spiro atoms. The van der Waals surface area contributed by atoms with Crippen LogP contribution in [0.25, 0.3) is 0 Å². The number of benzene rings is 1. The van der Waals surface area contributed by atoms with Crippen molar-refractivity contribution in [1.29, 1.82) is 0 Å². The predicted molar refractivity (Wildman–Crippen MR) is 129 cm³/mol. The molecule has 2 atom stereocenters. The fourth-order valence-electron chi connectivity index (χ4n) is 5.09. The highest BCUT2D eigenvalue weighted by molar-refractivity contribution is 7.09. The Kier molecular flexibility index (Phi) is 7.26. The number of amides is 2. The van der Waals surface area contributed by atoms with E-state index in [2.05, 4.69) is 23.0 Å². The van der Waals surface area contributed by atoms with Gasteiger partial charge in [0.1, 0.15) is 0 Å². The van der Waals surface area contributed by atoms with Crippen molar-refractivity contribution in [1.82, 2.24) is 14.8 Å². The normalized spacial score (nSPS) is 22.2. The van der Waals surface area contributed by atoms with Crippen molar-refractivity contribution < 1.29 is 9.59 Å². The predicted octanol–water partition coefficient (Wildman–Crippen LogP) is 4.02. The average molecular weight is 455 g/mol. The van der Waals surface area contributed by atoms with Gasteiger partial charge in [0.15, 0.2) is 0 Å². The monoisotopic (exact) mass is 454 g/mol. The number of aryl methyl sites for hydroxylation is 1. The average Bonchev–Trinajstić information content (AvgIpc) is 3.19. The van der Waals surface area contributed by atoms with E-state index in [0.717, 1.165) is 47.8 Å². The van der Waals surface area contributed by atoms with Gasteiger partial charge < -0.3 is 9.80 Å². The van der Waals surface area contributed by atoms with Crippen LogP contribution in [0.4, 0.5) is 5.69 Å². The maximum absolute atomic E-state index is 13.5. The number of hydrogen-bond acceptors (Lipinski definition) is 5. The van der Waals surface area contributed by atoms with Crippen LogP contribution >= 0.6 is 11.3 Å². The van der Waals surface area contributed by atoms with Crippen molar-refractivity contribution in [2.75, 3.05) is 25.0 Å². The molecule has 6 nitrogen and oxygen atoms in total. The minimum absolute atomic E-state index is 0.105. The van der Waals surface area contributed by atoms with Crippen molar-refractivity contribution in [3.05, 3.63) is 45.9 Å². The van der Waals surface area contributed by atoms with Crippen LogP contribution in [0.1, 0.15) is 55.3 Å². The Morgan fingerprint density at radius 3 is 2.66 bits per heavy atom. The molecule has 4 rings (SSSR count). The first-order valence-corrected chi connectivity index (χ1v) is 12.6. The zero-order valence-corrected chi connectivity index (χ0v) is 20.2. The minimum atomic E-state index is 0.105. The van der Waals surface area contributed by atoms with Gasteiger partial charge in [-0.2, -0.15) is 0 Å². The van der Waals surface area contributed by atoms with Gasteiger partial charge >= 0.3 is 0 Å². The minimum Gasteiger partial charge on any atom is -0.336 e. The summed E-state index contributed by atoms with van der Waals surface area (Å²) in [5, 5.41) is 2.97. The standard InChI is InChI=1S/C25H34N4O2S/c1-4-24(30)29-13-12-21-9-7-10-22(27(21)3)16-28(15-19-8-5-6-11-23(19)29)25(31)14-20-17-32-18(2)26-20/h5-6,8,11,17,21-22H,4,7,9-10,12-16H2,1-3H3. The van der Waals surface area contributed by atoms with E-state index in [1.807, 2.05) is 47.2 Å². The Labute approximate surface area is 195 Å². The lowest BCUT2D eigenvalue weighted by Gasteiger charge is -2.41. The largest absolute Gasteiger partial charge is 0.336 e. The molecule has 2 bridgehead atoms. The first kappa shape index (κ1) is 22.9. The molecule has 0 radical (unpaired) electrons. The summed E-state index contributed by atoms with van der Waals surface area (Å²) >= 11 is 1.58. The Hall–Kier alpha value is -2.25. The van der Waals surface area contributed by atoms with E-state index in [0.29, 0.717) is 38.0 Å². The molecule has 1 fully saturated rings. The van der Waals surface area contributed by atoms with Gasteiger partial charge in [0.25, 0.3) is 0 Å². The molecule has 1 aromatic heterocycles. The summed E-state index contributed by atoms with van der Waals surface area (Å²) in [4.78, 5) is 37.3. The number of piperidine rings is 1. The van der Waals surface area contributed by atoms with Crippen LogP contribution < -0.4 is 4.90 Å². The molecule has 0 saturated carbocycles. The van der Waals surface area contributed by atoms with Gasteiger partial charge in [-0.1, -0.05) is 31.5 Å². The van der Waals surface area contributed by atoms with Gasteiger partial charge in [-0.3, -0.25) is 14.5 Å². The number of rotatable bonds is 3. The van der Waals surface area contributed by atoms with Gasteiger partial charge in [0.2, 0.25) is 11.8 Å². The van der Waals surface area contributed by atoms with Crippen LogP contribution in [0.3, 0.4) is 0 Å². The van der Waals surface area contributed by atoms with Gasteiger partial charge in [-0.15, -0.1) is 11.3 Å². The lowest BCUT2D eigenvalue weighted by Crippen LogP contribution is -2.51. The van der Waals surface area contributed by atoms with Crippen molar-refractivity contribution in [3.63, 3.8) is 0 Å². The number of carbonyl (C=O) groups excluding carboxylic acids is 2.